The number of hydrogen-bond donors (Lipinski definition) is 0. The average molecular weight is 218 g/mol. The van der Waals surface area contributed by atoms with E-state index in [4.69, 9.17) is 0 Å². The highest BCUT2D eigenvalue weighted by atomic mass is 14.2. The Labute approximate surface area is 101 Å². The summed E-state index contributed by atoms with van der Waals surface area (Å²) in [6, 6.07) is 0. The van der Waals surface area contributed by atoms with Crippen LogP contribution in [0.5, 0.6) is 0 Å². The Morgan fingerprint density at radius 1 is 0.750 bits per heavy atom. The van der Waals surface area contributed by atoms with E-state index in [9.17, 15) is 0 Å². The zero-order chi connectivity index (χ0) is 11.1. The monoisotopic (exact) mass is 218 g/mol. The van der Waals surface area contributed by atoms with Crippen molar-refractivity contribution in [2.75, 3.05) is 0 Å². The van der Waals surface area contributed by atoms with Gasteiger partial charge in [0.15, 0.2) is 0 Å². The molecule has 0 aromatic rings. The van der Waals surface area contributed by atoms with Crippen LogP contribution in [0.15, 0.2) is 23.8 Å². The zero-order valence-electron chi connectivity index (χ0n) is 10.6. The molecule has 0 heteroatoms. The lowest BCUT2D eigenvalue weighted by atomic mass is 9.84. The van der Waals surface area contributed by atoms with Gasteiger partial charge in [0.1, 0.15) is 0 Å². The highest BCUT2D eigenvalue weighted by Crippen LogP contribution is 2.30. The molecule has 0 saturated heterocycles. The average Bonchev–Trinajstić information content (AvgIpc) is 2.18. The zero-order valence-corrected chi connectivity index (χ0v) is 10.6. The van der Waals surface area contributed by atoms with Gasteiger partial charge in [0.25, 0.3) is 0 Å². The fourth-order valence-electron chi connectivity index (χ4n) is 3.05. The van der Waals surface area contributed by atoms with Crippen LogP contribution in [0.2, 0.25) is 0 Å². The number of allylic oxidation sites excluding steroid dienone is 4. The summed E-state index contributed by atoms with van der Waals surface area (Å²) in [4.78, 5) is 0. The molecule has 0 unspecified atom stereocenters. The van der Waals surface area contributed by atoms with Crippen molar-refractivity contribution < 1.29 is 0 Å². The van der Waals surface area contributed by atoms with Crippen LogP contribution in [0.1, 0.15) is 70.6 Å². The molecule has 0 radical (unpaired) electrons. The van der Waals surface area contributed by atoms with Gasteiger partial charge in [-0.2, -0.15) is 0 Å². The highest BCUT2D eigenvalue weighted by molar-refractivity contribution is 5.22. The lowest BCUT2D eigenvalue weighted by Crippen LogP contribution is -2.06. The quantitative estimate of drug-likeness (QED) is 0.552. The van der Waals surface area contributed by atoms with E-state index < -0.39 is 0 Å². The van der Waals surface area contributed by atoms with Gasteiger partial charge in [0.05, 0.1) is 0 Å². The van der Waals surface area contributed by atoms with Gasteiger partial charge in [0, 0.05) is 0 Å². The minimum Gasteiger partial charge on any atom is -0.0843 e. The third kappa shape index (κ3) is 3.81. The molecule has 0 amide bonds. The first-order valence-corrected chi connectivity index (χ1v) is 7.33. The van der Waals surface area contributed by atoms with Gasteiger partial charge in [-0.15, -0.1) is 0 Å². The van der Waals surface area contributed by atoms with Crippen LogP contribution in [-0.4, -0.2) is 0 Å². The van der Waals surface area contributed by atoms with Crippen molar-refractivity contribution >= 4 is 0 Å². The molecule has 16 heavy (non-hydrogen) atoms. The van der Waals surface area contributed by atoms with Crippen LogP contribution in [0.25, 0.3) is 0 Å². The summed E-state index contributed by atoms with van der Waals surface area (Å²) in [6.45, 7) is 0. The Morgan fingerprint density at radius 3 is 2.25 bits per heavy atom. The van der Waals surface area contributed by atoms with Crippen LogP contribution in [0.4, 0.5) is 0 Å². The molecule has 1 saturated carbocycles. The molecule has 2 aliphatic carbocycles. The molecular weight excluding hydrogens is 192 g/mol. The van der Waals surface area contributed by atoms with E-state index in [1.165, 1.54) is 70.6 Å². The largest absolute Gasteiger partial charge is 0.0843 e. The molecule has 0 N–H and O–H groups in total. The predicted octanol–water partition coefficient (Wildman–Crippen LogP) is 5.40. The topological polar surface area (TPSA) is 0 Å². The number of hydrogen-bond acceptors (Lipinski definition) is 0. The Bertz CT molecular complexity index is 239. The lowest BCUT2D eigenvalue weighted by Gasteiger charge is -2.21. The highest BCUT2D eigenvalue weighted by Gasteiger charge is 2.14. The maximum atomic E-state index is 2.53. The molecule has 0 atom stereocenters. The minimum atomic E-state index is 0.884. The summed E-state index contributed by atoms with van der Waals surface area (Å²) >= 11 is 0. The van der Waals surface area contributed by atoms with Crippen molar-refractivity contribution in [2.45, 2.75) is 70.6 Å². The standard InChI is InChI=1S/C16H26/c1-3-7-11-15(12-8-4-1)16-13-9-5-2-6-10-14-16/h7,11-12,16H,1-6,8-10,13-14H2/b11-7-,15-12+. The molecule has 2 aliphatic rings. The third-order valence-electron chi connectivity index (χ3n) is 4.09. The van der Waals surface area contributed by atoms with E-state index >= 15 is 0 Å². The fraction of sp³-hybridized carbons (Fsp3) is 0.750. The molecule has 0 aliphatic heterocycles. The van der Waals surface area contributed by atoms with E-state index in [-0.39, 0.29) is 0 Å². The van der Waals surface area contributed by atoms with Crippen molar-refractivity contribution in [3.8, 4) is 0 Å². The molecule has 90 valence electrons. The Morgan fingerprint density at radius 2 is 1.44 bits per heavy atom. The molecule has 0 nitrogen and oxygen atoms in total. The summed E-state index contributed by atoms with van der Waals surface area (Å²) in [5, 5.41) is 0. The first-order valence-electron chi connectivity index (χ1n) is 7.33. The molecule has 1 fully saturated rings. The summed E-state index contributed by atoms with van der Waals surface area (Å²) in [7, 11) is 0. The van der Waals surface area contributed by atoms with Crippen LogP contribution < -0.4 is 0 Å². The molecule has 2 rings (SSSR count). The van der Waals surface area contributed by atoms with Gasteiger partial charge in [-0.05, 0) is 50.0 Å². The normalized spacial score (nSPS) is 30.4. The molecule has 0 bridgehead atoms. The second kappa shape index (κ2) is 6.93. The summed E-state index contributed by atoms with van der Waals surface area (Å²) < 4.78 is 0. The van der Waals surface area contributed by atoms with Crippen LogP contribution in [0.3, 0.4) is 0 Å². The predicted molar refractivity (Wildman–Crippen MR) is 71.5 cm³/mol. The third-order valence-corrected chi connectivity index (χ3v) is 4.09. The summed E-state index contributed by atoms with van der Waals surface area (Å²) in [5.41, 5.74) is 1.67. The van der Waals surface area contributed by atoms with E-state index in [0.29, 0.717) is 0 Å². The fourth-order valence-corrected chi connectivity index (χ4v) is 3.05. The maximum Gasteiger partial charge on any atom is -0.0165 e. The first kappa shape index (κ1) is 12.0. The second-order valence-corrected chi connectivity index (χ2v) is 5.43. The van der Waals surface area contributed by atoms with Crippen molar-refractivity contribution in [2.24, 2.45) is 5.92 Å². The molecule has 0 spiro atoms. The van der Waals surface area contributed by atoms with Gasteiger partial charge in [-0.25, -0.2) is 0 Å². The van der Waals surface area contributed by atoms with Gasteiger partial charge >= 0.3 is 0 Å². The van der Waals surface area contributed by atoms with E-state index in [1.807, 2.05) is 0 Å². The van der Waals surface area contributed by atoms with Gasteiger partial charge in [0.2, 0.25) is 0 Å². The first-order chi connectivity index (χ1) is 7.97. The van der Waals surface area contributed by atoms with Crippen LogP contribution in [-0.2, 0) is 0 Å². The van der Waals surface area contributed by atoms with Crippen LogP contribution >= 0.6 is 0 Å². The van der Waals surface area contributed by atoms with Gasteiger partial charge in [-0.3, -0.25) is 0 Å². The minimum absolute atomic E-state index is 0.884. The van der Waals surface area contributed by atoms with Crippen LogP contribution in [0, 0.1) is 5.92 Å². The summed E-state index contributed by atoms with van der Waals surface area (Å²) in [6.07, 6.45) is 22.9. The van der Waals surface area contributed by atoms with Gasteiger partial charge in [-0.1, -0.05) is 50.3 Å². The number of rotatable bonds is 1. The lowest BCUT2D eigenvalue weighted by molar-refractivity contribution is 0.423. The SMILES string of the molecule is C1=C\C(C2CCCCCCC2)=C/CCCC/1. The Balaban J connectivity index is 1.96. The Hall–Kier alpha value is -0.520. The van der Waals surface area contributed by atoms with Gasteiger partial charge < -0.3 is 0 Å². The van der Waals surface area contributed by atoms with Crippen molar-refractivity contribution in [3.05, 3.63) is 23.8 Å². The smallest absolute Gasteiger partial charge is 0.0165 e. The molecule has 0 heterocycles. The molecular formula is C16H26. The summed E-state index contributed by atoms with van der Waals surface area (Å²) in [5.74, 6) is 0.884. The van der Waals surface area contributed by atoms with E-state index in [1.54, 1.807) is 5.57 Å². The van der Waals surface area contributed by atoms with Crippen molar-refractivity contribution in [3.63, 3.8) is 0 Å². The van der Waals surface area contributed by atoms with E-state index in [2.05, 4.69) is 18.2 Å². The molecule has 0 aromatic heterocycles. The second-order valence-electron chi connectivity index (χ2n) is 5.43. The van der Waals surface area contributed by atoms with Crippen molar-refractivity contribution in [1.82, 2.24) is 0 Å². The van der Waals surface area contributed by atoms with Crippen molar-refractivity contribution in [1.29, 1.82) is 0 Å². The maximum absolute atomic E-state index is 2.53. The molecule has 0 aromatic carbocycles. The Kier molecular flexibility index (Phi) is 5.18. The van der Waals surface area contributed by atoms with E-state index in [0.717, 1.165) is 5.92 Å².